The van der Waals surface area contributed by atoms with Crippen LogP contribution in [0.5, 0.6) is 23.0 Å². The summed E-state index contributed by atoms with van der Waals surface area (Å²) in [6.07, 6.45) is 1.70. The van der Waals surface area contributed by atoms with Crippen LogP contribution in [-0.4, -0.2) is 60.2 Å². The highest BCUT2D eigenvalue weighted by atomic mass is 79.9. The molecule has 1 spiro atoms. The largest absolute Gasteiger partial charge is 0.493 e. The molecule has 10 heteroatoms. The van der Waals surface area contributed by atoms with E-state index in [9.17, 15) is 5.11 Å². The van der Waals surface area contributed by atoms with Crippen molar-refractivity contribution >= 4 is 15.9 Å². The molecule has 3 aromatic rings. The molecule has 1 N–H and O–H groups in total. The lowest BCUT2D eigenvalue weighted by atomic mass is 9.81. The number of aliphatic hydroxyl groups excluding tert-OH is 1. The lowest BCUT2D eigenvalue weighted by Crippen LogP contribution is -2.50. The second kappa shape index (κ2) is 9.67. The summed E-state index contributed by atoms with van der Waals surface area (Å²) in [5.41, 5.74) is 1.18. The number of fused-ring (bicyclic) bond motifs is 1. The zero-order valence-electron chi connectivity index (χ0n) is 19.9. The standard InChI is InChI=1S/C25H28BrN3O6/c1-31-20-10-15(11-21(32-2)23(20)33-3)24-28-27-22(34-24)14-29-8-6-25(7-9-29)13-18(30)17-5-4-16(26)12-19(17)35-25/h4-5,10-12,18,30H,6-9,13-14H2,1-3H3. The van der Waals surface area contributed by atoms with Crippen LogP contribution in [0.25, 0.3) is 11.5 Å². The number of aromatic nitrogens is 2. The van der Waals surface area contributed by atoms with Crippen LogP contribution in [-0.2, 0) is 6.54 Å². The first kappa shape index (κ1) is 23.9. The van der Waals surface area contributed by atoms with E-state index in [-0.39, 0.29) is 5.60 Å². The molecule has 1 atom stereocenters. The number of piperidine rings is 1. The van der Waals surface area contributed by atoms with Crippen molar-refractivity contribution in [2.24, 2.45) is 0 Å². The van der Waals surface area contributed by atoms with Crippen molar-refractivity contribution in [1.82, 2.24) is 15.1 Å². The Morgan fingerprint density at radius 2 is 1.77 bits per heavy atom. The zero-order valence-corrected chi connectivity index (χ0v) is 21.5. The van der Waals surface area contributed by atoms with Crippen LogP contribution in [0.3, 0.4) is 0 Å². The highest BCUT2D eigenvalue weighted by Crippen LogP contribution is 2.45. The molecule has 5 rings (SSSR count). The molecule has 186 valence electrons. The van der Waals surface area contributed by atoms with E-state index in [0.29, 0.717) is 47.6 Å². The molecule has 0 radical (unpaired) electrons. The van der Waals surface area contributed by atoms with Crippen molar-refractivity contribution in [3.63, 3.8) is 0 Å². The SMILES string of the molecule is COc1cc(-c2nnc(CN3CCC4(CC3)CC(O)c3ccc(Br)cc3O4)o2)cc(OC)c1OC. The number of halogens is 1. The Morgan fingerprint density at radius 3 is 2.43 bits per heavy atom. The van der Waals surface area contributed by atoms with Crippen LogP contribution >= 0.6 is 15.9 Å². The molecule has 2 aliphatic heterocycles. The fourth-order valence-corrected chi connectivity index (χ4v) is 5.20. The quantitative estimate of drug-likeness (QED) is 0.483. The zero-order chi connectivity index (χ0) is 24.6. The van der Waals surface area contributed by atoms with Gasteiger partial charge >= 0.3 is 0 Å². The third-order valence-corrected chi connectivity index (χ3v) is 7.22. The predicted octanol–water partition coefficient (Wildman–Crippen LogP) is 4.38. The Bertz CT molecular complexity index is 1180. The van der Waals surface area contributed by atoms with E-state index in [0.717, 1.165) is 41.7 Å². The Morgan fingerprint density at radius 1 is 1.06 bits per heavy atom. The summed E-state index contributed by atoms with van der Waals surface area (Å²) in [6, 6.07) is 9.36. The van der Waals surface area contributed by atoms with Gasteiger partial charge in [-0.3, -0.25) is 4.90 Å². The Hall–Kier alpha value is -2.82. The van der Waals surface area contributed by atoms with Crippen LogP contribution < -0.4 is 18.9 Å². The average Bonchev–Trinajstić information content (AvgIpc) is 3.32. The number of likely N-dealkylation sites (tertiary alicyclic amines) is 1. The highest BCUT2D eigenvalue weighted by molar-refractivity contribution is 9.10. The maximum Gasteiger partial charge on any atom is 0.248 e. The molecule has 1 fully saturated rings. The van der Waals surface area contributed by atoms with Gasteiger partial charge in [-0.05, 0) is 37.1 Å². The summed E-state index contributed by atoms with van der Waals surface area (Å²) in [6.45, 7) is 2.15. The van der Waals surface area contributed by atoms with Crippen LogP contribution in [0.2, 0.25) is 0 Å². The van der Waals surface area contributed by atoms with Gasteiger partial charge in [0.25, 0.3) is 0 Å². The third-order valence-electron chi connectivity index (χ3n) is 6.73. The molecule has 2 aliphatic rings. The maximum atomic E-state index is 10.7. The maximum absolute atomic E-state index is 10.7. The third kappa shape index (κ3) is 4.70. The summed E-state index contributed by atoms with van der Waals surface area (Å²) in [5, 5.41) is 19.2. The van der Waals surface area contributed by atoms with Gasteiger partial charge in [-0.25, -0.2) is 0 Å². The summed E-state index contributed by atoms with van der Waals surface area (Å²) >= 11 is 3.50. The predicted molar refractivity (Wildman–Crippen MR) is 131 cm³/mol. The van der Waals surface area contributed by atoms with Gasteiger partial charge in [0, 0.05) is 35.1 Å². The second-order valence-electron chi connectivity index (χ2n) is 8.88. The molecule has 1 unspecified atom stereocenters. The molecule has 0 bridgehead atoms. The van der Waals surface area contributed by atoms with Gasteiger partial charge in [0.05, 0.1) is 34.0 Å². The van der Waals surface area contributed by atoms with E-state index in [1.54, 1.807) is 33.5 Å². The summed E-state index contributed by atoms with van der Waals surface area (Å²) < 4.78 is 29.6. The number of benzene rings is 2. The molecule has 2 aromatic carbocycles. The van der Waals surface area contributed by atoms with Crippen LogP contribution in [0.1, 0.15) is 36.8 Å². The van der Waals surface area contributed by atoms with E-state index in [4.69, 9.17) is 23.4 Å². The summed E-state index contributed by atoms with van der Waals surface area (Å²) in [7, 11) is 4.69. The van der Waals surface area contributed by atoms with E-state index >= 15 is 0 Å². The smallest absolute Gasteiger partial charge is 0.248 e. The lowest BCUT2D eigenvalue weighted by molar-refractivity contribution is -0.0560. The number of aliphatic hydroxyl groups is 1. The number of rotatable bonds is 6. The minimum absolute atomic E-state index is 0.361. The van der Waals surface area contributed by atoms with Crippen molar-refractivity contribution in [3.8, 4) is 34.5 Å². The van der Waals surface area contributed by atoms with Crippen LogP contribution in [0, 0.1) is 0 Å². The highest BCUT2D eigenvalue weighted by Gasteiger charge is 2.43. The molecule has 35 heavy (non-hydrogen) atoms. The minimum Gasteiger partial charge on any atom is -0.493 e. The second-order valence-corrected chi connectivity index (χ2v) is 9.79. The fraction of sp³-hybridized carbons (Fsp3) is 0.440. The molecule has 9 nitrogen and oxygen atoms in total. The topological polar surface area (TPSA) is 99.3 Å². The number of ether oxygens (including phenoxy) is 4. The van der Waals surface area contributed by atoms with Gasteiger partial charge in [0.2, 0.25) is 17.5 Å². The Kier molecular flexibility index (Phi) is 6.61. The van der Waals surface area contributed by atoms with Crippen molar-refractivity contribution in [2.75, 3.05) is 34.4 Å². The van der Waals surface area contributed by atoms with Crippen LogP contribution in [0.15, 0.2) is 39.2 Å². The van der Waals surface area contributed by atoms with Crippen molar-refractivity contribution < 1.29 is 28.5 Å². The molecule has 0 saturated carbocycles. The van der Waals surface area contributed by atoms with Crippen molar-refractivity contribution in [1.29, 1.82) is 0 Å². The van der Waals surface area contributed by atoms with Gasteiger partial charge in [-0.2, -0.15) is 0 Å². The fourth-order valence-electron chi connectivity index (χ4n) is 4.86. The van der Waals surface area contributed by atoms with Gasteiger partial charge in [-0.15, -0.1) is 10.2 Å². The van der Waals surface area contributed by atoms with Crippen molar-refractivity contribution in [2.45, 2.75) is 37.5 Å². The lowest BCUT2D eigenvalue weighted by Gasteiger charge is -2.45. The number of hydrogen-bond acceptors (Lipinski definition) is 9. The van der Waals surface area contributed by atoms with E-state index in [1.807, 2.05) is 18.2 Å². The summed E-state index contributed by atoms with van der Waals surface area (Å²) in [4.78, 5) is 2.27. The average molecular weight is 546 g/mol. The van der Waals surface area contributed by atoms with Crippen molar-refractivity contribution in [3.05, 3.63) is 46.3 Å². The number of nitrogens with zero attached hydrogens (tertiary/aromatic N) is 3. The van der Waals surface area contributed by atoms with Gasteiger partial charge in [-0.1, -0.05) is 22.0 Å². The molecule has 0 amide bonds. The molecule has 1 saturated heterocycles. The number of hydrogen-bond donors (Lipinski definition) is 1. The van der Waals surface area contributed by atoms with E-state index < -0.39 is 6.10 Å². The van der Waals surface area contributed by atoms with Gasteiger partial charge < -0.3 is 28.5 Å². The monoisotopic (exact) mass is 545 g/mol. The molecular formula is C25H28BrN3O6. The molecule has 0 aliphatic carbocycles. The van der Waals surface area contributed by atoms with E-state index in [2.05, 4.69) is 31.0 Å². The van der Waals surface area contributed by atoms with Crippen LogP contribution in [0.4, 0.5) is 0 Å². The minimum atomic E-state index is -0.518. The first-order valence-electron chi connectivity index (χ1n) is 11.5. The first-order chi connectivity index (χ1) is 16.9. The summed E-state index contributed by atoms with van der Waals surface area (Å²) in [5.74, 6) is 3.22. The normalized spacial score (nSPS) is 19.2. The van der Waals surface area contributed by atoms with Gasteiger partial charge in [0.1, 0.15) is 11.4 Å². The molecule has 3 heterocycles. The molecule has 1 aromatic heterocycles. The van der Waals surface area contributed by atoms with Gasteiger partial charge in [0.15, 0.2) is 11.5 Å². The first-order valence-corrected chi connectivity index (χ1v) is 12.2. The Labute approximate surface area is 212 Å². The number of methoxy groups -OCH3 is 3. The molecular weight excluding hydrogens is 518 g/mol. The Balaban J connectivity index is 1.26. The van der Waals surface area contributed by atoms with E-state index in [1.165, 1.54) is 0 Å².